The summed E-state index contributed by atoms with van der Waals surface area (Å²) in [4.78, 5) is 11.8. The SMILES string of the molecule is CSC(C)CNC(=O)c1ccc(C#CCCO)c(F)c1. The lowest BCUT2D eigenvalue weighted by Gasteiger charge is -2.10. The van der Waals surface area contributed by atoms with Gasteiger partial charge in [0.25, 0.3) is 5.91 Å². The number of aliphatic hydroxyl groups is 1. The average molecular weight is 295 g/mol. The fourth-order valence-electron chi connectivity index (χ4n) is 1.39. The van der Waals surface area contributed by atoms with Crippen LogP contribution in [0.4, 0.5) is 4.39 Å². The van der Waals surface area contributed by atoms with E-state index in [1.807, 2.05) is 13.2 Å². The Morgan fingerprint density at radius 2 is 2.30 bits per heavy atom. The molecular weight excluding hydrogens is 277 g/mol. The summed E-state index contributed by atoms with van der Waals surface area (Å²) in [5.74, 6) is 4.45. The van der Waals surface area contributed by atoms with Crippen molar-refractivity contribution in [2.45, 2.75) is 18.6 Å². The maximum atomic E-state index is 13.8. The third-order valence-corrected chi connectivity index (χ3v) is 3.61. The molecule has 1 aromatic carbocycles. The van der Waals surface area contributed by atoms with E-state index in [9.17, 15) is 9.18 Å². The monoisotopic (exact) mass is 295 g/mol. The van der Waals surface area contributed by atoms with Crippen LogP contribution >= 0.6 is 11.8 Å². The molecule has 2 N–H and O–H groups in total. The standard InChI is InChI=1S/C15H18FNO2S/c1-11(20-2)10-17-15(19)13-7-6-12(14(16)9-13)5-3-4-8-18/h6-7,9,11,18H,4,8,10H2,1-2H3,(H,17,19). The molecule has 0 fully saturated rings. The van der Waals surface area contributed by atoms with Crippen molar-refractivity contribution in [3.05, 3.63) is 35.1 Å². The van der Waals surface area contributed by atoms with Gasteiger partial charge in [0.05, 0.1) is 12.2 Å². The van der Waals surface area contributed by atoms with E-state index in [-0.39, 0.29) is 23.6 Å². The van der Waals surface area contributed by atoms with Crippen LogP contribution in [0, 0.1) is 17.7 Å². The Morgan fingerprint density at radius 3 is 2.90 bits per heavy atom. The number of hydrogen-bond acceptors (Lipinski definition) is 3. The number of amides is 1. The molecule has 1 amide bonds. The van der Waals surface area contributed by atoms with Crippen LogP contribution in [0.1, 0.15) is 29.3 Å². The third-order valence-electron chi connectivity index (χ3n) is 2.64. The minimum Gasteiger partial charge on any atom is -0.395 e. The molecule has 0 aromatic heterocycles. The first kappa shape index (κ1) is 16.5. The van der Waals surface area contributed by atoms with Crippen molar-refractivity contribution >= 4 is 17.7 Å². The molecule has 1 rings (SSSR count). The van der Waals surface area contributed by atoms with Crippen molar-refractivity contribution in [3.8, 4) is 11.8 Å². The van der Waals surface area contributed by atoms with Gasteiger partial charge in [-0.3, -0.25) is 4.79 Å². The van der Waals surface area contributed by atoms with Crippen LogP contribution in [0.3, 0.4) is 0 Å². The van der Waals surface area contributed by atoms with E-state index in [1.54, 1.807) is 17.8 Å². The Balaban J connectivity index is 2.72. The quantitative estimate of drug-likeness (QED) is 0.817. The minimum absolute atomic E-state index is 0.0528. The average Bonchev–Trinajstić information content (AvgIpc) is 2.46. The molecule has 0 aliphatic rings. The largest absolute Gasteiger partial charge is 0.395 e. The first-order chi connectivity index (χ1) is 9.58. The van der Waals surface area contributed by atoms with Crippen molar-refractivity contribution in [2.75, 3.05) is 19.4 Å². The van der Waals surface area contributed by atoms with Crippen LogP contribution in [-0.2, 0) is 0 Å². The van der Waals surface area contributed by atoms with E-state index in [0.29, 0.717) is 18.2 Å². The lowest BCUT2D eigenvalue weighted by Crippen LogP contribution is -2.29. The molecule has 0 aliphatic heterocycles. The number of hydrogen-bond donors (Lipinski definition) is 2. The zero-order chi connectivity index (χ0) is 15.0. The number of thioether (sulfide) groups is 1. The number of nitrogens with one attached hydrogen (secondary N) is 1. The van der Waals surface area contributed by atoms with Crippen LogP contribution in [0.15, 0.2) is 18.2 Å². The van der Waals surface area contributed by atoms with E-state index in [1.165, 1.54) is 12.1 Å². The van der Waals surface area contributed by atoms with Crippen LogP contribution in [-0.4, -0.2) is 35.7 Å². The normalized spacial score (nSPS) is 11.4. The Kier molecular flexibility index (Phi) is 7.13. The number of rotatable bonds is 5. The zero-order valence-corrected chi connectivity index (χ0v) is 12.4. The van der Waals surface area contributed by atoms with Crippen LogP contribution in [0.25, 0.3) is 0 Å². The summed E-state index contributed by atoms with van der Waals surface area (Å²) >= 11 is 1.65. The molecule has 3 nitrogen and oxygen atoms in total. The van der Waals surface area contributed by atoms with E-state index in [2.05, 4.69) is 17.2 Å². The summed E-state index contributed by atoms with van der Waals surface area (Å²) in [5.41, 5.74) is 0.510. The number of benzene rings is 1. The van der Waals surface area contributed by atoms with Crippen molar-refractivity contribution < 1.29 is 14.3 Å². The molecule has 1 unspecified atom stereocenters. The molecule has 0 saturated carbocycles. The fraction of sp³-hybridized carbons (Fsp3) is 0.400. The Bertz CT molecular complexity index is 522. The molecule has 0 bridgehead atoms. The zero-order valence-electron chi connectivity index (χ0n) is 11.6. The lowest BCUT2D eigenvalue weighted by atomic mass is 10.1. The van der Waals surface area contributed by atoms with Gasteiger partial charge in [0, 0.05) is 23.8 Å². The van der Waals surface area contributed by atoms with Gasteiger partial charge in [0.15, 0.2) is 0 Å². The lowest BCUT2D eigenvalue weighted by molar-refractivity contribution is 0.0953. The molecule has 0 spiro atoms. The van der Waals surface area contributed by atoms with Gasteiger partial charge in [-0.05, 0) is 24.5 Å². The maximum absolute atomic E-state index is 13.8. The topological polar surface area (TPSA) is 49.3 Å². The van der Waals surface area contributed by atoms with Gasteiger partial charge in [-0.1, -0.05) is 18.8 Å². The highest BCUT2D eigenvalue weighted by Crippen LogP contribution is 2.10. The van der Waals surface area contributed by atoms with Crippen molar-refractivity contribution in [1.29, 1.82) is 0 Å². The second-order valence-corrected chi connectivity index (χ2v) is 5.50. The van der Waals surface area contributed by atoms with Crippen LogP contribution in [0.5, 0.6) is 0 Å². The summed E-state index contributed by atoms with van der Waals surface area (Å²) < 4.78 is 13.8. The van der Waals surface area contributed by atoms with Gasteiger partial charge in [-0.2, -0.15) is 11.8 Å². The highest BCUT2D eigenvalue weighted by atomic mass is 32.2. The number of carbonyl (C=O) groups excluding carboxylic acids is 1. The molecule has 0 aliphatic carbocycles. The molecule has 20 heavy (non-hydrogen) atoms. The number of carbonyl (C=O) groups is 1. The first-order valence-corrected chi connectivity index (χ1v) is 7.57. The molecule has 1 atom stereocenters. The molecule has 0 radical (unpaired) electrons. The fourth-order valence-corrected chi connectivity index (χ4v) is 1.64. The summed E-state index contributed by atoms with van der Waals surface area (Å²) in [6, 6.07) is 4.21. The van der Waals surface area contributed by atoms with Gasteiger partial charge in [-0.25, -0.2) is 4.39 Å². The number of halogens is 1. The van der Waals surface area contributed by atoms with Gasteiger partial charge >= 0.3 is 0 Å². The van der Waals surface area contributed by atoms with Gasteiger partial charge in [-0.15, -0.1) is 0 Å². The molecule has 108 valence electrons. The smallest absolute Gasteiger partial charge is 0.251 e. The van der Waals surface area contributed by atoms with Crippen LogP contribution < -0.4 is 5.32 Å². The van der Waals surface area contributed by atoms with E-state index >= 15 is 0 Å². The molecule has 0 heterocycles. The minimum atomic E-state index is -0.527. The number of aliphatic hydroxyl groups excluding tert-OH is 1. The highest BCUT2D eigenvalue weighted by Gasteiger charge is 2.09. The van der Waals surface area contributed by atoms with Crippen molar-refractivity contribution in [1.82, 2.24) is 5.32 Å². The Labute approximate surface area is 123 Å². The maximum Gasteiger partial charge on any atom is 0.251 e. The Morgan fingerprint density at radius 1 is 1.55 bits per heavy atom. The third kappa shape index (κ3) is 5.24. The molecule has 5 heteroatoms. The summed E-state index contributed by atoms with van der Waals surface area (Å²) in [5, 5.41) is 11.7. The molecular formula is C15H18FNO2S. The van der Waals surface area contributed by atoms with Crippen molar-refractivity contribution in [3.63, 3.8) is 0 Å². The van der Waals surface area contributed by atoms with Crippen molar-refractivity contribution in [2.24, 2.45) is 0 Å². The highest BCUT2D eigenvalue weighted by molar-refractivity contribution is 7.99. The van der Waals surface area contributed by atoms with Crippen LogP contribution in [0.2, 0.25) is 0 Å². The van der Waals surface area contributed by atoms with E-state index < -0.39 is 5.82 Å². The van der Waals surface area contributed by atoms with E-state index in [0.717, 1.165) is 0 Å². The summed E-state index contributed by atoms with van der Waals surface area (Å²) in [6.07, 6.45) is 2.27. The first-order valence-electron chi connectivity index (χ1n) is 6.28. The van der Waals surface area contributed by atoms with E-state index in [4.69, 9.17) is 5.11 Å². The summed E-state index contributed by atoms with van der Waals surface area (Å²) in [7, 11) is 0. The Hall–Kier alpha value is -1.51. The predicted molar refractivity (Wildman–Crippen MR) is 80.3 cm³/mol. The van der Waals surface area contributed by atoms with Gasteiger partial charge in [0.2, 0.25) is 0 Å². The molecule has 1 aromatic rings. The summed E-state index contributed by atoms with van der Waals surface area (Å²) in [6.45, 7) is 2.49. The predicted octanol–water partition coefficient (Wildman–Crippen LogP) is 2.04. The van der Waals surface area contributed by atoms with Gasteiger partial charge < -0.3 is 10.4 Å². The second kappa shape index (κ2) is 8.62. The molecule has 0 saturated heterocycles. The van der Waals surface area contributed by atoms with Gasteiger partial charge in [0.1, 0.15) is 5.82 Å². The second-order valence-electron chi connectivity index (χ2n) is 4.23.